The first kappa shape index (κ1) is 12.8. The molecule has 2 aromatic rings. The second-order valence-electron chi connectivity index (χ2n) is 3.83. The van der Waals surface area contributed by atoms with E-state index in [0.29, 0.717) is 11.3 Å². The quantitative estimate of drug-likeness (QED) is 0.397. The summed E-state index contributed by atoms with van der Waals surface area (Å²) in [4.78, 5) is 11.9. The number of rotatable bonds is 3. The molecular formula is C15H12INO. The molecule has 90 valence electrons. The van der Waals surface area contributed by atoms with Gasteiger partial charge >= 0.3 is 0 Å². The minimum absolute atomic E-state index is 0.0188. The van der Waals surface area contributed by atoms with E-state index in [2.05, 4.69) is 22.6 Å². The first-order valence-electron chi connectivity index (χ1n) is 5.49. The van der Waals surface area contributed by atoms with Crippen molar-refractivity contribution in [3.8, 4) is 0 Å². The first-order chi connectivity index (χ1) is 8.66. The highest BCUT2D eigenvalue weighted by atomic mass is 127. The molecule has 2 rings (SSSR count). The van der Waals surface area contributed by atoms with Crippen LogP contribution in [0.1, 0.15) is 15.9 Å². The lowest BCUT2D eigenvalue weighted by Gasteiger charge is -1.99. The van der Waals surface area contributed by atoms with E-state index in [4.69, 9.17) is 5.73 Å². The van der Waals surface area contributed by atoms with Gasteiger partial charge in [0.2, 0.25) is 0 Å². The van der Waals surface area contributed by atoms with E-state index < -0.39 is 0 Å². The molecule has 2 aromatic carbocycles. The Morgan fingerprint density at radius 2 is 1.72 bits per heavy atom. The molecule has 0 aliphatic rings. The van der Waals surface area contributed by atoms with E-state index in [9.17, 15) is 4.79 Å². The van der Waals surface area contributed by atoms with Gasteiger partial charge in [-0.05, 0) is 58.5 Å². The molecule has 0 aromatic heterocycles. The Hall–Kier alpha value is -1.62. The summed E-state index contributed by atoms with van der Waals surface area (Å²) < 4.78 is 1.11. The zero-order valence-corrected chi connectivity index (χ0v) is 11.8. The van der Waals surface area contributed by atoms with Crippen LogP contribution < -0.4 is 5.73 Å². The number of nitrogen functional groups attached to an aromatic ring is 1. The molecule has 0 amide bonds. The normalized spacial score (nSPS) is 10.7. The monoisotopic (exact) mass is 349 g/mol. The average Bonchev–Trinajstić information content (AvgIpc) is 2.38. The highest BCUT2D eigenvalue weighted by molar-refractivity contribution is 14.1. The zero-order valence-electron chi connectivity index (χ0n) is 9.64. The van der Waals surface area contributed by atoms with Crippen molar-refractivity contribution in [2.45, 2.75) is 0 Å². The number of benzene rings is 2. The van der Waals surface area contributed by atoms with Crippen molar-refractivity contribution in [1.82, 2.24) is 0 Å². The predicted molar refractivity (Wildman–Crippen MR) is 83.4 cm³/mol. The van der Waals surface area contributed by atoms with Crippen molar-refractivity contribution in [2.24, 2.45) is 0 Å². The Kier molecular flexibility index (Phi) is 4.15. The lowest BCUT2D eigenvalue weighted by Crippen LogP contribution is -1.94. The summed E-state index contributed by atoms with van der Waals surface area (Å²) in [6.45, 7) is 0. The molecule has 2 nitrogen and oxygen atoms in total. The minimum atomic E-state index is -0.0188. The van der Waals surface area contributed by atoms with Gasteiger partial charge in [-0.15, -0.1) is 0 Å². The van der Waals surface area contributed by atoms with Crippen LogP contribution in [0.5, 0.6) is 0 Å². The largest absolute Gasteiger partial charge is 0.398 e. The van der Waals surface area contributed by atoms with Crippen molar-refractivity contribution in [1.29, 1.82) is 0 Å². The molecule has 3 heteroatoms. The molecule has 0 atom stereocenters. The Morgan fingerprint density at radius 1 is 1.06 bits per heavy atom. The third-order valence-corrected chi connectivity index (χ3v) is 3.26. The number of carbonyl (C=O) groups excluding carboxylic acids is 1. The molecule has 2 N–H and O–H groups in total. The van der Waals surface area contributed by atoms with Gasteiger partial charge in [-0.1, -0.05) is 30.3 Å². The van der Waals surface area contributed by atoms with Crippen molar-refractivity contribution < 1.29 is 4.79 Å². The third kappa shape index (κ3) is 3.20. The maximum absolute atomic E-state index is 11.9. The highest BCUT2D eigenvalue weighted by Gasteiger charge is 2.01. The maximum Gasteiger partial charge on any atom is 0.185 e. The smallest absolute Gasteiger partial charge is 0.185 e. The predicted octanol–water partition coefficient (Wildman–Crippen LogP) is 3.77. The summed E-state index contributed by atoms with van der Waals surface area (Å²) in [7, 11) is 0. The van der Waals surface area contributed by atoms with Gasteiger partial charge in [0.05, 0.1) is 0 Å². The van der Waals surface area contributed by atoms with Crippen LogP contribution in [0.2, 0.25) is 0 Å². The molecular weight excluding hydrogens is 337 g/mol. The molecule has 0 fully saturated rings. The van der Waals surface area contributed by atoms with Gasteiger partial charge in [-0.3, -0.25) is 4.79 Å². The topological polar surface area (TPSA) is 43.1 Å². The van der Waals surface area contributed by atoms with Gasteiger partial charge in [-0.25, -0.2) is 0 Å². The SMILES string of the molecule is Nc1ccccc1C=CC(=O)c1ccc(I)cc1. The summed E-state index contributed by atoms with van der Waals surface area (Å²) in [6.07, 6.45) is 3.30. The van der Waals surface area contributed by atoms with E-state index in [1.54, 1.807) is 12.2 Å². The van der Waals surface area contributed by atoms with E-state index in [1.807, 2.05) is 48.5 Å². The fourth-order valence-corrected chi connectivity index (χ4v) is 1.90. The lowest BCUT2D eigenvalue weighted by atomic mass is 10.1. The van der Waals surface area contributed by atoms with E-state index in [-0.39, 0.29) is 5.78 Å². The lowest BCUT2D eigenvalue weighted by molar-refractivity contribution is 0.104. The molecule has 0 spiro atoms. The van der Waals surface area contributed by atoms with Gasteiger partial charge in [0.1, 0.15) is 0 Å². The Labute approximate surface area is 120 Å². The number of carbonyl (C=O) groups is 1. The first-order valence-corrected chi connectivity index (χ1v) is 6.57. The van der Waals surface area contributed by atoms with Crippen LogP contribution in [0.25, 0.3) is 6.08 Å². The molecule has 0 radical (unpaired) electrons. The van der Waals surface area contributed by atoms with Crippen LogP contribution in [0.3, 0.4) is 0 Å². The number of para-hydroxylation sites is 1. The van der Waals surface area contributed by atoms with E-state index >= 15 is 0 Å². The zero-order chi connectivity index (χ0) is 13.0. The van der Waals surface area contributed by atoms with Crippen LogP contribution in [0.15, 0.2) is 54.6 Å². The van der Waals surface area contributed by atoms with Crippen LogP contribution in [-0.2, 0) is 0 Å². The molecule has 0 unspecified atom stereocenters. The molecule has 0 bridgehead atoms. The molecule has 0 aliphatic carbocycles. The molecule has 0 saturated heterocycles. The number of anilines is 1. The van der Waals surface area contributed by atoms with Gasteiger partial charge in [0, 0.05) is 14.8 Å². The van der Waals surface area contributed by atoms with Gasteiger partial charge in [0.15, 0.2) is 5.78 Å². The van der Waals surface area contributed by atoms with Crippen molar-refractivity contribution in [3.05, 3.63) is 69.3 Å². The Bertz CT molecular complexity index is 588. The second kappa shape index (κ2) is 5.82. The van der Waals surface area contributed by atoms with Crippen LogP contribution in [-0.4, -0.2) is 5.78 Å². The fourth-order valence-electron chi connectivity index (χ4n) is 1.54. The number of hydrogen-bond donors (Lipinski definition) is 1. The van der Waals surface area contributed by atoms with Crippen molar-refractivity contribution in [3.63, 3.8) is 0 Å². The van der Waals surface area contributed by atoms with Gasteiger partial charge in [-0.2, -0.15) is 0 Å². The number of halogens is 1. The van der Waals surface area contributed by atoms with E-state index in [1.165, 1.54) is 0 Å². The number of allylic oxidation sites excluding steroid dienone is 1. The highest BCUT2D eigenvalue weighted by Crippen LogP contribution is 2.13. The molecule has 0 saturated carbocycles. The average molecular weight is 349 g/mol. The summed E-state index contributed by atoms with van der Waals surface area (Å²) in [6, 6.07) is 14.9. The van der Waals surface area contributed by atoms with Gasteiger partial charge in [0.25, 0.3) is 0 Å². The Balaban J connectivity index is 2.17. The third-order valence-electron chi connectivity index (χ3n) is 2.54. The molecule has 0 aliphatic heterocycles. The summed E-state index contributed by atoms with van der Waals surface area (Å²) in [5.74, 6) is -0.0188. The maximum atomic E-state index is 11.9. The summed E-state index contributed by atoms with van der Waals surface area (Å²) >= 11 is 2.21. The number of nitrogens with two attached hydrogens (primary N) is 1. The van der Waals surface area contributed by atoms with E-state index in [0.717, 1.165) is 9.13 Å². The molecule has 18 heavy (non-hydrogen) atoms. The number of ketones is 1. The van der Waals surface area contributed by atoms with Crippen LogP contribution in [0.4, 0.5) is 5.69 Å². The Morgan fingerprint density at radius 3 is 2.39 bits per heavy atom. The second-order valence-corrected chi connectivity index (χ2v) is 5.08. The minimum Gasteiger partial charge on any atom is -0.398 e. The molecule has 0 heterocycles. The summed E-state index contributed by atoms with van der Waals surface area (Å²) in [5.41, 5.74) is 8.01. The fraction of sp³-hybridized carbons (Fsp3) is 0. The standard InChI is InChI=1S/C15H12INO/c16-13-8-5-12(6-9-13)15(18)10-7-11-3-1-2-4-14(11)17/h1-10H,17H2. The van der Waals surface area contributed by atoms with Crippen LogP contribution in [0, 0.1) is 3.57 Å². The van der Waals surface area contributed by atoms with Gasteiger partial charge < -0.3 is 5.73 Å². The van der Waals surface area contributed by atoms with Crippen LogP contribution >= 0.6 is 22.6 Å². The van der Waals surface area contributed by atoms with Crippen molar-refractivity contribution in [2.75, 3.05) is 5.73 Å². The number of hydrogen-bond acceptors (Lipinski definition) is 2. The van der Waals surface area contributed by atoms with Crippen molar-refractivity contribution >= 4 is 40.1 Å². The summed E-state index contributed by atoms with van der Waals surface area (Å²) in [5, 5.41) is 0.